The molecule has 10 rings (SSSR count). The minimum Gasteiger partial charge on any atom is -0.465 e. The summed E-state index contributed by atoms with van der Waals surface area (Å²) in [7, 11) is 4.83. The van der Waals surface area contributed by atoms with E-state index in [1.165, 1.54) is 0 Å². The maximum absolute atomic E-state index is 5.85. The predicted molar refractivity (Wildman–Crippen MR) is 262 cm³/mol. The highest BCUT2D eigenvalue weighted by atomic mass is 16.7. The molecule has 10 aromatic rings. The zero-order chi connectivity index (χ0) is 44.8. The van der Waals surface area contributed by atoms with Gasteiger partial charge in [-0.05, 0) is 140 Å². The minimum absolute atomic E-state index is 0.150. The van der Waals surface area contributed by atoms with E-state index in [-0.39, 0.29) is 20.4 Å². The first-order valence-corrected chi connectivity index (χ1v) is 21.6. The molecule has 0 N–H and O–H groups in total. The van der Waals surface area contributed by atoms with Gasteiger partial charge in [0.05, 0.1) is 0 Å². The summed E-state index contributed by atoms with van der Waals surface area (Å²) in [5.74, 6) is 2.06. The fourth-order valence-electron chi connectivity index (χ4n) is 8.57. The minimum atomic E-state index is 0.150. The molecule has 0 bridgehead atoms. The molecule has 324 valence electrons. The predicted octanol–water partition coefficient (Wildman–Crippen LogP) is 13.3. The summed E-state index contributed by atoms with van der Waals surface area (Å²) in [5, 5.41) is 3.03. The molecule has 0 radical (unpaired) electrons. The van der Waals surface area contributed by atoms with Gasteiger partial charge in [-0.3, -0.25) is 15.0 Å². The maximum atomic E-state index is 5.85. The van der Waals surface area contributed by atoms with E-state index in [1.807, 2.05) is 36.4 Å². The van der Waals surface area contributed by atoms with Crippen LogP contribution in [0.1, 0.15) is 0 Å². The van der Waals surface area contributed by atoms with E-state index in [1.54, 1.807) is 39.9 Å². The van der Waals surface area contributed by atoms with Crippen molar-refractivity contribution in [2.75, 3.05) is 41.7 Å². The number of hydrogen-bond acceptors (Lipinski definition) is 9. The van der Waals surface area contributed by atoms with E-state index in [4.69, 9.17) is 28.4 Å². The maximum Gasteiger partial charge on any atom is 0.188 e. The Hall–Kier alpha value is -7.95. The summed E-state index contributed by atoms with van der Waals surface area (Å²) in [6.07, 6.45) is 5.36. The zero-order valence-corrected chi connectivity index (χ0v) is 36.7. The van der Waals surface area contributed by atoms with Crippen LogP contribution in [0, 0.1) is 0 Å². The van der Waals surface area contributed by atoms with E-state index in [0.29, 0.717) is 17.2 Å². The lowest BCUT2D eigenvalue weighted by Gasteiger charge is -2.15. The van der Waals surface area contributed by atoms with Gasteiger partial charge in [-0.1, -0.05) is 91.0 Å². The number of rotatable bonds is 15. The van der Waals surface area contributed by atoms with Crippen molar-refractivity contribution in [2.45, 2.75) is 0 Å². The zero-order valence-electron chi connectivity index (χ0n) is 36.7. The molecule has 7 aromatic carbocycles. The van der Waals surface area contributed by atoms with Crippen LogP contribution in [0.4, 0.5) is 0 Å². The van der Waals surface area contributed by atoms with Crippen LogP contribution in [0.3, 0.4) is 0 Å². The number of benzene rings is 7. The molecule has 3 heterocycles. The van der Waals surface area contributed by atoms with Crippen molar-refractivity contribution in [2.24, 2.45) is 0 Å². The molecule has 9 heteroatoms. The third kappa shape index (κ3) is 8.42. The van der Waals surface area contributed by atoms with Crippen LogP contribution < -0.4 is 14.2 Å². The van der Waals surface area contributed by atoms with Crippen LogP contribution >= 0.6 is 0 Å². The van der Waals surface area contributed by atoms with Crippen molar-refractivity contribution >= 4 is 32.7 Å². The Morgan fingerprint density at radius 2 is 0.576 bits per heavy atom. The van der Waals surface area contributed by atoms with Crippen molar-refractivity contribution < 1.29 is 28.4 Å². The van der Waals surface area contributed by atoms with Gasteiger partial charge in [-0.2, -0.15) is 0 Å². The quantitative estimate of drug-likeness (QED) is 0.0934. The average Bonchev–Trinajstić information content (AvgIpc) is 3.38. The second kappa shape index (κ2) is 19.0. The molecule has 0 aliphatic heterocycles. The molecule has 0 unspecified atom stereocenters. The van der Waals surface area contributed by atoms with E-state index in [2.05, 4.69) is 142 Å². The Labute approximate surface area is 382 Å². The molecule has 0 saturated heterocycles. The molecule has 66 heavy (non-hydrogen) atoms. The Morgan fingerprint density at radius 3 is 0.848 bits per heavy atom. The Bertz CT molecular complexity index is 2950. The number of ether oxygens (including phenoxy) is 6. The topological polar surface area (TPSA) is 94.1 Å². The summed E-state index contributed by atoms with van der Waals surface area (Å²) in [6.45, 7) is 0.451. The number of nitrogens with zero attached hydrogens (tertiary/aromatic N) is 3. The highest BCUT2D eigenvalue weighted by Crippen LogP contribution is 2.40. The third-order valence-electron chi connectivity index (χ3n) is 11.7. The van der Waals surface area contributed by atoms with Crippen LogP contribution in [-0.4, -0.2) is 56.7 Å². The third-order valence-corrected chi connectivity index (χ3v) is 11.7. The van der Waals surface area contributed by atoms with Crippen LogP contribution in [0.25, 0.3) is 99.5 Å². The molecule has 0 aliphatic carbocycles. The van der Waals surface area contributed by atoms with Gasteiger partial charge in [0.15, 0.2) is 20.4 Å². The van der Waals surface area contributed by atoms with Gasteiger partial charge in [-0.15, -0.1) is 0 Å². The molecule has 0 atom stereocenters. The lowest BCUT2D eigenvalue weighted by atomic mass is 9.91. The highest BCUT2D eigenvalue weighted by molar-refractivity contribution is 6.00. The highest BCUT2D eigenvalue weighted by Gasteiger charge is 2.15. The molecule has 0 spiro atoms. The Morgan fingerprint density at radius 1 is 0.303 bits per heavy atom. The van der Waals surface area contributed by atoms with Gasteiger partial charge in [0.25, 0.3) is 0 Å². The van der Waals surface area contributed by atoms with Crippen molar-refractivity contribution in [3.05, 3.63) is 182 Å². The number of aromatic nitrogens is 3. The summed E-state index contributed by atoms with van der Waals surface area (Å²) in [4.78, 5) is 14.0. The van der Waals surface area contributed by atoms with Gasteiger partial charge >= 0.3 is 0 Å². The SMILES string of the molecule is COCOc1ccc(-c2ccc(-c3cc(-c4ccc(-c5ccc(OCOC)c6ncccc56)cc4)cc(-c4ccc(-c5ccc(OCOC)c6ncccc56)cc4)c3)cc2)c2cccnc12. The largest absolute Gasteiger partial charge is 0.465 e. The smallest absolute Gasteiger partial charge is 0.188 e. The first-order chi connectivity index (χ1) is 32.6. The van der Waals surface area contributed by atoms with Gasteiger partial charge in [0.2, 0.25) is 0 Å². The number of hydrogen-bond donors (Lipinski definition) is 0. The van der Waals surface area contributed by atoms with Crippen LogP contribution in [0.15, 0.2) is 182 Å². The number of methoxy groups -OCH3 is 3. The van der Waals surface area contributed by atoms with Crippen molar-refractivity contribution in [3.63, 3.8) is 0 Å². The summed E-state index contributed by atoms with van der Waals surface area (Å²) >= 11 is 0. The normalized spacial score (nSPS) is 11.3. The summed E-state index contributed by atoms with van der Waals surface area (Å²) in [5.41, 5.74) is 15.5. The van der Waals surface area contributed by atoms with Crippen LogP contribution in [0.2, 0.25) is 0 Å². The monoisotopic (exact) mass is 867 g/mol. The van der Waals surface area contributed by atoms with Gasteiger partial charge in [-0.25, -0.2) is 0 Å². The molecular formula is C57H45N3O6. The lowest BCUT2D eigenvalue weighted by molar-refractivity contribution is 0.0519. The Kier molecular flexibility index (Phi) is 12.1. The van der Waals surface area contributed by atoms with E-state index in [9.17, 15) is 0 Å². The van der Waals surface area contributed by atoms with Crippen molar-refractivity contribution in [1.29, 1.82) is 0 Å². The molecule has 0 aliphatic rings. The van der Waals surface area contributed by atoms with Crippen molar-refractivity contribution in [3.8, 4) is 84.0 Å². The van der Waals surface area contributed by atoms with Gasteiger partial charge in [0.1, 0.15) is 33.8 Å². The Balaban J connectivity index is 1.03. The lowest BCUT2D eigenvalue weighted by Crippen LogP contribution is -2.00. The first kappa shape index (κ1) is 42.0. The molecule has 0 amide bonds. The number of fused-ring (bicyclic) bond motifs is 3. The standard InChI is InChI=1S/C57H45N3O6/c1-61-34-64-52-25-22-46(49-7-4-28-58-55(49)52)40-16-10-37(11-17-40)43-31-44(38-12-18-41(19-13-38)47-23-26-53(65-35-62-2)56-50(47)8-5-29-59-56)33-45(32-43)39-14-20-42(21-15-39)48-24-27-54(66-36-63-3)57-51(48)9-6-30-60-57/h4-33H,34-36H2,1-3H3. The average molecular weight is 868 g/mol. The van der Waals surface area contributed by atoms with Gasteiger partial charge in [0, 0.05) is 56.1 Å². The van der Waals surface area contributed by atoms with E-state index < -0.39 is 0 Å². The summed E-state index contributed by atoms with van der Waals surface area (Å²) < 4.78 is 33.1. The van der Waals surface area contributed by atoms with Gasteiger partial charge < -0.3 is 28.4 Å². The molecule has 0 saturated carbocycles. The van der Waals surface area contributed by atoms with Crippen LogP contribution in [0.5, 0.6) is 17.2 Å². The second-order valence-electron chi connectivity index (χ2n) is 15.7. The fourth-order valence-corrected chi connectivity index (χ4v) is 8.57. The first-order valence-electron chi connectivity index (χ1n) is 21.6. The molecule has 3 aromatic heterocycles. The molecule has 9 nitrogen and oxygen atoms in total. The van der Waals surface area contributed by atoms with Crippen molar-refractivity contribution in [1.82, 2.24) is 15.0 Å². The molecule has 0 fully saturated rings. The summed E-state index contributed by atoms with van der Waals surface area (Å²) in [6, 6.07) is 57.3. The van der Waals surface area contributed by atoms with E-state index in [0.717, 1.165) is 99.5 Å². The van der Waals surface area contributed by atoms with Crippen LogP contribution in [-0.2, 0) is 14.2 Å². The number of pyridine rings is 3. The second-order valence-corrected chi connectivity index (χ2v) is 15.7. The fraction of sp³-hybridized carbons (Fsp3) is 0.105. The van der Waals surface area contributed by atoms with E-state index >= 15 is 0 Å². The molecular weight excluding hydrogens is 823 g/mol.